The van der Waals surface area contributed by atoms with Crippen molar-refractivity contribution in [1.82, 2.24) is 9.80 Å². The highest BCUT2D eigenvalue weighted by Gasteiger charge is 2.50. The molecular formula is C72H110N2O2S5. The molecule has 5 aromatic rings. The molecule has 0 aromatic carbocycles. The van der Waals surface area contributed by atoms with Crippen LogP contribution in [-0.4, -0.2) is 34.7 Å². The Morgan fingerprint density at radius 2 is 0.617 bits per heavy atom. The Balaban J connectivity index is 1.19. The van der Waals surface area contributed by atoms with Gasteiger partial charge in [-0.1, -0.05) is 259 Å². The Hall–Kier alpha value is -2.56. The predicted molar refractivity (Wildman–Crippen MR) is 364 cm³/mol. The van der Waals surface area contributed by atoms with Gasteiger partial charge in [0.1, 0.15) is 0 Å². The molecule has 2 aliphatic heterocycles. The molecular weight excluding hydrogens is 1090 g/mol. The zero-order valence-corrected chi connectivity index (χ0v) is 56.2. The second kappa shape index (κ2) is 37.1. The van der Waals surface area contributed by atoms with Gasteiger partial charge >= 0.3 is 0 Å². The zero-order chi connectivity index (χ0) is 57.0. The Morgan fingerprint density at radius 3 is 0.938 bits per heavy atom. The van der Waals surface area contributed by atoms with Crippen LogP contribution in [0.4, 0.5) is 0 Å². The van der Waals surface area contributed by atoms with Crippen LogP contribution in [0.2, 0.25) is 0 Å². The molecule has 0 N–H and O–H groups in total. The third-order valence-corrected chi connectivity index (χ3v) is 23.6. The van der Waals surface area contributed by atoms with Gasteiger partial charge in [-0.15, -0.1) is 56.7 Å². The first-order chi connectivity index (χ1) is 39.7. The van der Waals surface area contributed by atoms with Gasteiger partial charge in [0.05, 0.1) is 32.3 Å². The van der Waals surface area contributed by atoms with Crippen molar-refractivity contribution in [3.63, 3.8) is 0 Å². The van der Waals surface area contributed by atoms with Crippen LogP contribution in [0.25, 0.3) is 39.9 Å². The molecule has 4 nitrogen and oxygen atoms in total. The van der Waals surface area contributed by atoms with E-state index >= 15 is 9.59 Å². The van der Waals surface area contributed by atoms with Crippen molar-refractivity contribution in [3.05, 3.63) is 67.1 Å². The first kappa shape index (κ1) is 66.0. The molecule has 9 heteroatoms. The number of hydrogen-bond donors (Lipinski definition) is 0. The lowest BCUT2D eigenvalue weighted by molar-refractivity contribution is -0.124. The maximum atomic E-state index is 16.1. The molecule has 7 rings (SSSR count). The number of fused-ring (bicyclic) bond motifs is 3. The summed E-state index contributed by atoms with van der Waals surface area (Å²) in [6.07, 6.45) is 52.3. The smallest absolute Gasteiger partial charge is 0.261 e. The molecule has 0 spiro atoms. The summed E-state index contributed by atoms with van der Waals surface area (Å²) in [5.41, 5.74) is 3.22. The Labute approximate surface area is 514 Å². The van der Waals surface area contributed by atoms with E-state index in [-0.39, 0.29) is 11.8 Å². The van der Waals surface area contributed by atoms with E-state index in [0.29, 0.717) is 36.1 Å². The van der Waals surface area contributed by atoms with Crippen LogP contribution in [0, 0.1) is 25.7 Å². The zero-order valence-electron chi connectivity index (χ0n) is 52.1. The summed E-state index contributed by atoms with van der Waals surface area (Å²) in [4.78, 5) is 44.0. The summed E-state index contributed by atoms with van der Waals surface area (Å²) in [5.74, 6) is 0.946. The van der Waals surface area contributed by atoms with E-state index in [1.54, 1.807) is 22.7 Å². The van der Waals surface area contributed by atoms with Gasteiger partial charge in [0.25, 0.3) is 11.8 Å². The SMILES string of the molecule is CCCCCCCCCCCCC(CCCCCCCCCC)CN1C(=O)C2=C(c3cc4sc(-c5ccc(C)s5)cc4s3)N(CC(CCCCCCCCCC)CCCCCCCCCCCC)C(=O)C2=C1c1cc2sc(C)cc2s1. The van der Waals surface area contributed by atoms with Gasteiger partial charge in [0, 0.05) is 51.4 Å². The topological polar surface area (TPSA) is 40.6 Å². The first-order valence-electron chi connectivity index (χ1n) is 34.0. The van der Waals surface area contributed by atoms with E-state index in [4.69, 9.17) is 0 Å². The van der Waals surface area contributed by atoms with E-state index in [1.807, 2.05) is 34.0 Å². The maximum Gasteiger partial charge on any atom is 0.261 e. The summed E-state index contributed by atoms with van der Waals surface area (Å²) < 4.78 is 5.05. The van der Waals surface area contributed by atoms with Gasteiger partial charge in [-0.3, -0.25) is 9.59 Å². The number of unbranched alkanes of at least 4 members (excludes halogenated alkanes) is 32. The highest BCUT2D eigenvalue weighted by molar-refractivity contribution is 7.31. The monoisotopic (exact) mass is 1190 g/mol. The quantitative estimate of drug-likeness (QED) is 0.0364. The van der Waals surface area contributed by atoms with Gasteiger partial charge in [0.15, 0.2) is 0 Å². The molecule has 2 atom stereocenters. The largest absolute Gasteiger partial charge is 0.306 e. The van der Waals surface area contributed by atoms with Gasteiger partial charge in [-0.2, -0.15) is 0 Å². The fourth-order valence-electron chi connectivity index (χ4n) is 13.1. The number of rotatable bonds is 47. The minimum absolute atomic E-state index is 0.0728. The van der Waals surface area contributed by atoms with Crippen LogP contribution in [0.15, 0.2) is 47.5 Å². The molecule has 2 unspecified atom stereocenters. The van der Waals surface area contributed by atoms with Crippen molar-refractivity contribution >= 4 is 98.7 Å². The number of amides is 2. The number of carbonyl (C=O) groups is 2. The Kier molecular flexibility index (Phi) is 30.2. The van der Waals surface area contributed by atoms with E-state index in [2.05, 4.69) is 87.7 Å². The van der Waals surface area contributed by atoms with Gasteiger partial charge < -0.3 is 9.80 Å². The Bertz CT molecular complexity index is 2590. The van der Waals surface area contributed by atoms with E-state index in [9.17, 15) is 0 Å². The Morgan fingerprint density at radius 1 is 0.321 bits per heavy atom. The maximum absolute atomic E-state index is 16.1. The first-order valence-corrected chi connectivity index (χ1v) is 38.1. The normalized spacial score (nSPS) is 14.7. The molecule has 0 bridgehead atoms. The standard InChI is InChI=1S/C72H110N2O2S5/c1-7-11-15-19-23-27-29-33-37-41-45-57(43-39-35-31-25-21-17-13-9-3)53-73-69(65-51-62-60(80-65)49-56(6)78-62)67-68(72(73)76)70(66-52-64-63(81-66)50-61(79-64)59-48-47-55(5)77-59)74(71(67)75)54-58(44-40-36-32-26-22-18-14-10-4)46-42-38-34-30-28-24-20-16-12-8-2/h47-52,57-58H,7-46,53-54H2,1-6H3. The fourth-order valence-corrected chi connectivity index (χ4v) is 18.9. The number of aryl methyl sites for hydroxylation is 2. The van der Waals surface area contributed by atoms with Crippen LogP contribution < -0.4 is 0 Å². The summed E-state index contributed by atoms with van der Waals surface area (Å²) >= 11 is 9.18. The van der Waals surface area contributed by atoms with Crippen molar-refractivity contribution in [2.24, 2.45) is 11.8 Å². The molecule has 0 fully saturated rings. The molecule has 450 valence electrons. The van der Waals surface area contributed by atoms with Gasteiger partial charge in [0.2, 0.25) is 0 Å². The molecule has 7 heterocycles. The van der Waals surface area contributed by atoms with Crippen molar-refractivity contribution in [2.45, 2.75) is 298 Å². The average molecular weight is 1200 g/mol. The third kappa shape index (κ3) is 20.6. The molecule has 5 aromatic heterocycles. The average Bonchev–Trinajstić information content (AvgIpc) is 4.42. The number of hydrogen-bond acceptors (Lipinski definition) is 7. The van der Waals surface area contributed by atoms with E-state index in [1.165, 1.54) is 269 Å². The lowest BCUT2D eigenvalue weighted by Crippen LogP contribution is -2.34. The van der Waals surface area contributed by atoms with Crippen LogP contribution in [0.5, 0.6) is 0 Å². The molecule has 2 amide bonds. The summed E-state index contributed by atoms with van der Waals surface area (Å²) in [5, 5.41) is 0. The summed E-state index contributed by atoms with van der Waals surface area (Å²) in [6.45, 7) is 15.0. The van der Waals surface area contributed by atoms with E-state index < -0.39 is 0 Å². The van der Waals surface area contributed by atoms with Gasteiger partial charge in [-0.25, -0.2) is 0 Å². The van der Waals surface area contributed by atoms with E-state index in [0.717, 1.165) is 46.8 Å². The lowest BCUT2D eigenvalue weighted by atomic mass is 9.93. The predicted octanol–water partition coefficient (Wildman–Crippen LogP) is 25.3. The highest BCUT2D eigenvalue weighted by atomic mass is 32.1. The summed E-state index contributed by atoms with van der Waals surface area (Å²) in [6, 6.07) is 13.9. The fraction of sp³-hybridized carbons (Fsp3) is 0.694. The minimum atomic E-state index is 0.0728. The van der Waals surface area contributed by atoms with Crippen LogP contribution in [0.3, 0.4) is 0 Å². The molecule has 81 heavy (non-hydrogen) atoms. The second-order valence-corrected chi connectivity index (χ2v) is 30.9. The van der Waals surface area contributed by atoms with Crippen molar-refractivity contribution in [2.75, 3.05) is 13.1 Å². The molecule has 0 saturated heterocycles. The van der Waals surface area contributed by atoms with Crippen molar-refractivity contribution < 1.29 is 9.59 Å². The van der Waals surface area contributed by atoms with Crippen molar-refractivity contribution in [1.29, 1.82) is 0 Å². The molecule has 0 radical (unpaired) electrons. The highest BCUT2D eigenvalue weighted by Crippen LogP contribution is 2.52. The number of carbonyl (C=O) groups excluding carboxylic acids is 2. The number of thiophene rings is 5. The minimum Gasteiger partial charge on any atom is -0.306 e. The van der Waals surface area contributed by atoms with Crippen molar-refractivity contribution in [3.8, 4) is 9.75 Å². The molecule has 0 saturated carbocycles. The van der Waals surface area contributed by atoms with Crippen LogP contribution >= 0.6 is 56.7 Å². The third-order valence-electron chi connectivity index (χ3n) is 17.9. The van der Waals surface area contributed by atoms with Gasteiger partial charge in [-0.05, 0) is 87.8 Å². The van der Waals surface area contributed by atoms with Crippen LogP contribution in [-0.2, 0) is 9.59 Å². The second-order valence-electron chi connectivity index (χ2n) is 25.0. The summed E-state index contributed by atoms with van der Waals surface area (Å²) in [7, 11) is 0. The molecule has 0 aliphatic carbocycles. The van der Waals surface area contributed by atoms with Crippen LogP contribution in [0.1, 0.15) is 304 Å². The molecule has 2 aliphatic rings. The lowest BCUT2D eigenvalue weighted by Gasteiger charge is -2.29. The number of nitrogens with zero attached hydrogens (tertiary/aromatic N) is 2.